The number of aromatic nitrogens is 1. The molecule has 3 nitrogen and oxygen atoms in total. The summed E-state index contributed by atoms with van der Waals surface area (Å²) in [5.41, 5.74) is 6.41. The summed E-state index contributed by atoms with van der Waals surface area (Å²) in [5.74, 6) is 1.46. The van der Waals surface area contributed by atoms with Crippen molar-refractivity contribution < 1.29 is 4.74 Å². The smallest absolute Gasteiger partial charge is 0.146 e. The van der Waals surface area contributed by atoms with Gasteiger partial charge in [0.25, 0.3) is 0 Å². The van der Waals surface area contributed by atoms with E-state index in [2.05, 4.69) is 29.9 Å². The minimum atomic E-state index is 0.626. The van der Waals surface area contributed by atoms with Crippen LogP contribution in [0.2, 0.25) is 0 Å². The molecule has 0 saturated carbocycles. The summed E-state index contributed by atoms with van der Waals surface area (Å²) in [7, 11) is 1.69. The first-order valence-corrected chi connectivity index (χ1v) is 6.92. The van der Waals surface area contributed by atoms with Crippen LogP contribution in [0.5, 0.6) is 0 Å². The Morgan fingerprint density at radius 1 is 1.47 bits per heavy atom. The van der Waals surface area contributed by atoms with Gasteiger partial charge in [-0.25, -0.2) is 0 Å². The number of fused-ring (bicyclic) bond motifs is 1. The van der Waals surface area contributed by atoms with E-state index in [-0.39, 0.29) is 0 Å². The monoisotopic (exact) mass is 256 g/mol. The van der Waals surface area contributed by atoms with Crippen LogP contribution in [0.3, 0.4) is 0 Å². The summed E-state index contributed by atoms with van der Waals surface area (Å²) in [5, 5.41) is 0. The van der Waals surface area contributed by atoms with Crippen LogP contribution in [0.15, 0.2) is 22.5 Å². The Morgan fingerprint density at radius 2 is 2.32 bits per heavy atom. The van der Waals surface area contributed by atoms with Gasteiger partial charge >= 0.3 is 0 Å². The summed E-state index contributed by atoms with van der Waals surface area (Å²) in [6.45, 7) is 4.49. The summed E-state index contributed by atoms with van der Waals surface area (Å²) in [4.78, 5) is 7.89. The van der Waals surface area contributed by atoms with Gasteiger partial charge in [0.1, 0.15) is 11.5 Å². The fourth-order valence-corrected chi connectivity index (χ4v) is 3.19. The number of allylic oxidation sites excluding steroid dienone is 1. The number of aromatic amines is 1. The van der Waals surface area contributed by atoms with Gasteiger partial charge in [-0.15, -0.1) is 0 Å². The van der Waals surface area contributed by atoms with Crippen molar-refractivity contribution in [2.45, 2.75) is 39.0 Å². The SMILES string of the molecule is COC1=CC=N/C1=C\c1[nH]c(C)c2c1C(C)CCC2. The molecule has 0 aromatic carbocycles. The van der Waals surface area contributed by atoms with Crippen molar-refractivity contribution in [2.24, 2.45) is 4.99 Å². The van der Waals surface area contributed by atoms with E-state index in [9.17, 15) is 0 Å². The van der Waals surface area contributed by atoms with Crippen LogP contribution in [0.25, 0.3) is 6.08 Å². The third-order valence-electron chi connectivity index (χ3n) is 4.14. The molecule has 1 unspecified atom stereocenters. The summed E-state index contributed by atoms with van der Waals surface area (Å²) in [6.07, 6.45) is 9.57. The molecule has 1 aromatic rings. The maximum absolute atomic E-state index is 5.33. The summed E-state index contributed by atoms with van der Waals surface area (Å²) >= 11 is 0. The first kappa shape index (κ1) is 12.3. The molecule has 1 aliphatic carbocycles. The number of H-pyrrole nitrogens is 1. The molecule has 3 heteroatoms. The van der Waals surface area contributed by atoms with E-state index in [0.717, 1.165) is 11.5 Å². The van der Waals surface area contributed by atoms with Crippen LogP contribution in [-0.2, 0) is 11.2 Å². The summed E-state index contributed by atoms with van der Waals surface area (Å²) in [6, 6.07) is 0. The highest BCUT2D eigenvalue weighted by atomic mass is 16.5. The van der Waals surface area contributed by atoms with Crippen molar-refractivity contribution in [3.05, 3.63) is 40.0 Å². The molecule has 0 amide bonds. The highest BCUT2D eigenvalue weighted by Crippen LogP contribution is 2.37. The molecule has 1 aliphatic heterocycles. The fraction of sp³-hybridized carbons (Fsp3) is 0.438. The van der Waals surface area contributed by atoms with Crippen LogP contribution in [0.4, 0.5) is 0 Å². The molecule has 100 valence electrons. The molecule has 0 saturated heterocycles. The van der Waals surface area contributed by atoms with Crippen LogP contribution < -0.4 is 0 Å². The molecular formula is C16H20N2O. The number of nitrogens with zero attached hydrogens (tertiary/aromatic N) is 1. The van der Waals surface area contributed by atoms with Crippen LogP contribution >= 0.6 is 0 Å². The molecule has 0 spiro atoms. The van der Waals surface area contributed by atoms with E-state index >= 15 is 0 Å². The predicted molar refractivity (Wildman–Crippen MR) is 78.4 cm³/mol. The van der Waals surface area contributed by atoms with E-state index in [1.54, 1.807) is 13.3 Å². The lowest BCUT2D eigenvalue weighted by Crippen LogP contribution is -2.06. The van der Waals surface area contributed by atoms with Crippen LogP contribution in [0.1, 0.15) is 48.2 Å². The van der Waals surface area contributed by atoms with E-state index in [4.69, 9.17) is 4.74 Å². The van der Waals surface area contributed by atoms with E-state index < -0.39 is 0 Å². The van der Waals surface area contributed by atoms with Gasteiger partial charge in [-0.3, -0.25) is 4.99 Å². The van der Waals surface area contributed by atoms with Gasteiger partial charge in [-0.2, -0.15) is 0 Å². The maximum atomic E-state index is 5.33. The van der Waals surface area contributed by atoms with E-state index in [1.807, 2.05) is 6.08 Å². The zero-order valence-electron chi connectivity index (χ0n) is 11.8. The van der Waals surface area contributed by atoms with E-state index in [1.165, 1.54) is 41.8 Å². The second-order valence-corrected chi connectivity index (χ2v) is 5.39. The number of ether oxygens (including phenoxy) is 1. The van der Waals surface area contributed by atoms with Crippen LogP contribution in [0, 0.1) is 6.92 Å². The van der Waals surface area contributed by atoms with Crippen LogP contribution in [-0.4, -0.2) is 18.3 Å². The minimum Gasteiger partial charge on any atom is -0.494 e. The Kier molecular flexibility index (Phi) is 3.05. The third kappa shape index (κ3) is 2.03. The molecule has 2 aliphatic rings. The average Bonchev–Trinajstić information content (AvgIpc) is 2.96. The second kappa shape index (κ2) is 4.72. The topological polar surface area (TPSA) is 37.4 Å². The Hall–Kier alpha value is -1.77. The average molecular weight is 256 g/mol. The van der Waals surface area contributed by atoms with Crippen molar-refractivity contribution in [1.29, 1.82) is 0 Å². The standard InChI is InChI=1S/C16H20N2O/c1-10-5-4-6-12-11(2)18-14(16(10)12)9-13-15(19-3)7-8-17-13/h7-10,18H,4-6H2,1-3H3/b13-9-. The fourth-order valence-electron chi connectivity index (χ4n) is 3.19. The van der Waals surface area contributed by atoms with Gasteiger partial charge in [-0.1, -0.05) is 6.92 Å². The molecule has 0 radical (unpaired) electrons. The van der Waals surface area contributed by atoms with Crippen molar-refractivity contribution >= 4 is 12.3 Å². The highest BCUT2D eigenvalue weighted by Gasteiger charge is 2.23. The quantitative estimate of drug-likeness (QED) is 0.860. The first-order chi connectivity index (χ1) is 9.20. The van der Waals surface area contributed by atoms with Gasteiger partial charge in [0.05, 0.1) is 7.11 Å². The van der Waals surface area contributed by atoms with Gasteiger partial charge in [-0.05, 0) is 49.3 Å². The molecule has 1 aromatic heterocycles. The number of nitrogens with one attached hydrogen (secondary N) is 1. The lowest BCUT2D eigenvalue weighted by atomic mass is 9.84. The maximum Gasteiger partial charge on any atom is 0.146 e. The van der Waals surface area contributed by atoms with Gasteiger partial charge in [0, 0.05) is 23.7 Å². The molecule has 0 bridgehead atoms. The molecular weight excluding hydrogens is 236 g/mol. The highest BCUT2D eigenvalue weighted by molar-refractivity contribution is 5.81. The van der Waals surface area contributed by atoms with Gasteiger partial charge in [0.2, 0.25) is 0 Å². The van der Waals surface area contributed by atoms with Crippen molar-refractivity contribution in [3.63, 3.8) is 0 Å². The normalized spacial score (nSPS) is 23.6. The Balaban J connectivity index is 2.05. The van der Waals surface area contributed by atoms with Crippen molar-refractivity contribution in [3.8, 4) is 0 Å². The molecule has 3 rings (SSSR count). The molecule has 0 fully saturated rings. The number of aryl methyl sites for hydroxylation is 1. The van der Waals surface area contributed by atoms with Crippen molar-refractivity contribution in [2.75, 3.05) is 7.11 Å². The zero-order chi connectivity index (χ0) is 13.4. The Morgan fingerprint density at radius 3 is 3.11 bits per heavy atom. The Labute approximate surface area is 114 Å². The lowest BCUT2D eigenvalue weighted by Gasteiger charge is -2.20. The zero-order valence-corrected chi connectivity index (χ0v) is 11.8. The number of hydrogen-bond acceptors (Lipinski definition) is 2. The second-order valence-electron chi connectivity index (χ2n) is 5.39. The number of methoxy groups -OCH3 is 1. The minimum absolute atomic E-state index is 0.626. The number of hydrogen-bond donors (Lipinski definition) is 1. The van der Waals surface area contributed by atoms with Gasteiger partial charge in [0.15, 0.2) is 0 Å². The lowest BCUT2D eigenvalue weighted by molar-refractivity contribution is 0.303. The predicted octanol–water partition coefficient (Wildman–Crippen LogP) is 3.72. The number of aliphatic imine (C=N–C) groups is 1. The van der Waals surface area contributed by atoms with Crippen molar-refractivity contribution in [1.82, 2.24) is 4.98 Å². The molecule has 2 heterocycles. The van der Waals surface area contributed by atoms with Gasteiger partial charge < -0.3 is 9.72 Å². The molecule has 19 heavy (non-hydrogen) atoms. The Bertz CT molecular complexity index is 590. The largest absolute Gasteiger partial charge is 0.494 e. The third-order valence-corrected chi connectivity index (χ3v) is 4.14. The number of rotatable bonds is 2. The molecule has 1 atom stereocenters. The first-order valence-electron chi connectivity index (χ1n) is 6.92. The molecule has 1 N–H and O–H groups in total. The van der Waals surface area contributed by atoms with E-state index in [0.29, 0.717) is 5.92 Å². The summed E-state index contributed by atoms with van der Waals surface area (Å²) < 4.78 is 5.33.